The molecule has 3 aliphatic rings. The molecule has 0 saturated heterocycles. The highest BCUT2D eigenvalue weighted by Gasteiger charge is 2.71. The van der Waals surface area contributed by atoms with Crippen LogP contribution in [-0.4, -0.2) is 21.6 Å². The van der Waals surface area contributed by atoms with Crippen LogP contribution >= 0.6 is 0 Å². The summed E-state index contributed by atoms with van der Waals surface area (Å²) in [7, 11) is 0. The molecular weight excluding hydrogens is 294 g/mol. The van der Waals surface area contributed by atoms with E-state index in [-0.39, 0.29) is 22.9 Å². The molecule has 0 radical (unpaired) electrons. The van der Waals surface area contributed by atoms with Gasteiger partial charge in [-0.15, -0.1) is 5.10 Å². The van der Waals surface area contributed by atoms with Gasteiger partial charge in [-0.1, -0.05) is 11.2 Å². The van der Waals surface area contributed by atoms with Crippen LogP contribution in [0.4, 0.5) is 0 Å². The first-order valence-electron chi connectivity index (χ1n) is 7.78. The van der Waals surface area contributed by atoms with E-state index in [4.69, 9.17) is 9.15 Å². The van der Waals surface area contributed by atoms with E-state index in [1.807, 2.05) is 25.1 Å². The van der Waals surface area contributed by atoms with Gasteiger partial charge in [0.2, 0.25) is 11.8 Å². The van der Waals surface area contributed by atoms with Crippen LogP contribution in [0.2, 0.25) is 0 Å². The van der Waals surface area contributed by atoms with Crippen molar-refractivity contribution < 1.29 is 13.9 Å². The number of carbonyl (C=O) groups is 1. The topological polar surface area (TPSA) is 77.2 Å². The van der Waals surface area contributed by atoms with E-state index in [0.29, 0.717) is 11.6 Å². The largest absolute Gasteiger partial charge is 0.420 e. The van der Waals surface area contributed by atoms with E-state index >= 15 is 0 Å². The van der Waals surface area contributed by atoms with Crippen molar-refractivity contribution in [2.75, 3.05) is 0 Å². The summed E-state index contributed by atoms with van der Waals surface area (Å²) in [6, 6.07) is 5.84. The van der Waals surface area contributed by atoms with E-state index in [2.05, 4.69) is 22.4 Å². The summed E-state index contributed by atoms with van der Waals surface area (Å²) in [5, 5.41) is 11.1. The molecule has 0 atom stereocenters. The van der Waals surface area contributed by atoms with Crippen LogP contribution in [0.25, 0.3) is 0 Å². The number of hydrogen-bond acceptors (Lipinski definition) is 5. The Kier molecular flexibility index (Phi) is 2.83. The zero-order chi connectivity index (χ0) is 16.2. The number of rotatable bonds is 4. The van der Waals surface area contributed by atoms with Crippen molar-refractivity contribution in [1.82, 2.24) is 15.5 Å². The number of benzene rings is 1. The molecule has 3 saturated carbocycles. The average Bonchev–Trinajstić information content (AvgIpc) is 2.84. The molecule has 1 heterocycles. The third-order valence-corrected chi connectivity index (χ3v) is 5.02. The number of ether oxygens (including phenoxy) is 1. The van der Waals surface area contributed by atoms with Crippen LogP contribution < -0.4 is 10.1 Å². The normalized spacial score (nSPS) is 27.8. The minimum Gasteiger partial charge on any atom is -0.410 e. The summed E-state index contributed by atoms with van der Waals surface area (Å²) in [5.74, 6) is 1.32. The SMILES string of the molecule is CC(=O)NC12CC(c3nnc(Oc4ccc(C)c(C)c4)o3)(C1)C2. The first-order chi connectivity index (χ1) is 10.9. The van der Waals surface area contributed by atoms with Gasteiger partial charge in [0.05, 0.1) is 5.41 Å². The van der Waals surface area contributed by atoms with Crippen LogP contribution in [0.15, 0.2) is 22.6 Å². The smallest absolute Gasteiger partial charge is 0.410 e. The van der Waals surface area contributed by atoms with Crippen LogP contribution in [0.1, 0.15) is 43.2 Å². The third-order valence-electron chi connectivity index (χ3n) is 5.02. The Morgan fingerprint density at radius 3 is 2.61 bits per heavy atom. The Morgan fingerprint density at radius 1 is 1.22 bits per heavy atom. The Morgan fingerprint density at radius 2 is 1.96 bits per heavy atom. The van der Waals surface area contributed by atoms with Gasteiger partial charge in [0.1, 0.15) is 5.75 Å². The molecular formula is C17H19N3O3. The first-order valence-corrected chi connectivity index (χ1v) is 7.78. The molecule has 5 rings (SSSR count). The van der Waals surface area contributed by atoms with Crippen molar-refractivity contribution in [2.45, 2.75) is 51.0 Å². The molecule has 2 aromatic rings. The molecule has 6 heteroatoms. The molecule has 0 spiro atoms. The average molecular weight is 313 g/mol. The van der Waals surface area contributed by atoms with Crippen LogP contribution in [-0.2, 0) is 10.2 Å². The standard InChI is InChI=1S/C17H19N3O3/c1-10-4-5-13(6-11(10)2)22-15-20-19-14(23-15)16-7-17(8-16,9-16)18-12(3)21/h4-6H,7-9H2,1-3H3,(H,18,21). The molecule has 1 N–H and O–H groups in total. The second kappa shape index (κ2) is 4.57. The minimum atomic E-state index is -0.0692. The maximum absolute atomic E-state index is 11.2. The van der Waals surface area contributed by atoms with Crippen LogP contribution in [0, 0.1) is 13.8 Å². The lowest BCUT2D eigenvalue weighted by Gasteiger charge is -2.68. The molecule has 0 aliphatic heterocycles. The van der Waals surface area contributed by atoms with E-state index in [0.717, 1.165) is 24.8 Å². The molecule has 2 bridgehead atoms. The predicted molar refractivity (Wildman–Crippen MR) is 82.4 cm³/mol. The fourth-order valence-corrected chi connectivity index (χ4v) is 3.86. The molecule has 1 amide bonds. The number of carbonyl (C=O) groups excluding carboxylic acids is 1. The summed E-state index contributed by atoms with van der Waals surface area (Å²) >= 11 is 0. The second-order valence-electron chi connectivity index (χ2n) is 6.99. The van der Waals surface area contributed by atoms with Gasteiger partial charge in [0, 0.05) is 12.5 Å². The number of nitrogens with one attached hydrogen (secondary N) is 1. The van der Waals surface area contributed by atoms with Crippen molar-refractivity contribution in [3.8, 4) is 11.8 Å². The van der Waals surface area contributed by atoms with Crippen molar-refractivity contribution in [3.05, 3.63) is 35.2 Å². The number of aromatic nitrogens is 2. The molecule has 6 nitrogen and oxygen atoms in total. The zero-order valence-electron chi connectivity index (χ0n) is 13.5. The third kappa shape index (κ3) is 2.20. The van der Waals surface area contributed by atoms with Crippen molar-refractivity contribution >= 4 is 5.91 Å². The summed E-state index contributed by atoms with van der Waals surface area (Å²) < 4.78 is 11.4. The molecule has 1 aromatic carbocycles. The summed E-state index contributed by atoms with van der Waals surface area (Å²) in [6.07, 6.45) is 2.77. The maximum atomic E-state index is 11.2. The van der Waals surface area contributed by atoms with Gasteiger partial charge in [-0.3, -0.25) is 4.79 Å². The summed E-state index contributed by atoms with van der Waals surface area (Å²) in [6.45, 7) is 5.64. The second-order valence-corrected chi connectivity index (χ2v) is 6.99. The summed E-state index contributed by atoms with van der Waals surface area (Å²) in [4.78, 5) is 11.2. The lowest BCUT2D eigenvalue weighted by molar-refractivity contribution is -0.139. The fourth-order valence-electron chi connectivity index (χ4n) is 3.86. The van der Waals surface area contributed by atoms with Gasteiger partial charge >= 0.3 is 6.08 Å². The van der Waals surface area contributed by atoms with E-state index in [1.54, 1.807) is 6.92 Å². The Balaban J connectivity index is 1.45. The predicted octanol–water partition coefficient (Wildman–Crippen LogP) is 2.79. The van der Waals surface area contributed by atoms with Crippen molar-refractivity contribution in [2.24, 2.45) is 0 Å². The van der Waals surface area contributed by atoms with Gasteiger partial charge in [0.25, 0.3) is 0 Å². The molecule has 0 unspecified atom stereocenters. The Hall–Kier alpha value is -2.37. The monoisotopic (exact) mass is 313 g/mol. The highest BCUT2D eigenvalue weighted by atomic mass is 16.6. The molecule has 120 valence electrons. The highest BCUT2D eigenvalue weighted by Crippen LogP contribution is 2.67. The van der Waals surface area contributed by atoms with Gasteiger partial charge < -0.3 is 14.5 Å². The van der Waals surface area contributed by atoms with Crippen LogP contribution in [0.5, 0.6) is 11.8 Å². The van der Waals surface area contributed by atoms with E-state index < -0.39 is 0 Å². The summed E-state index contributed by atoms with van der Waals surface area (Å²) in [5.41, 5.74) is 2.25. The fraction of sp³-hybridized carbons (Fsp3) is 0.471. The Bertz CT molecular complexity index is 776. The molecule has 3 aliphatic carbocycles. The quantitative estimate of drug-likeness (QED) is 0.939. The van der Waals surface area contributed by atoms with Gasteiger partial charge in [-0.05, 0) is 56.4 Å². The van der Waals surface area contributed by atoms with Crippen molar-refractivity contribution in [1.29, 1.82) is 0 Å². The van der Waals surface area contributed by atoms with Gasteiger partial charge in [0.15, 0.2) is 0 Å². The Labute approximate surface area is 134 Å². The molecule has 23 heavy (non-hydrogen) atoms. The highest BCUT2D eigenvalue weighted by molar-refractivity contribution is 5.75. The van der Waals surface area contributed by atoms with Gasteiger partial charge in [-0.25, -0.2) is 0 Å². The minimum absolute atomic E-state index is 0.0163. The number of nitrogens with zero attached hydrogens (tertiary/aromatic N) is 2. The molecule has 1 aromatic heterocycles. The molecule has 3 fully saturated rings. The van der Waals surface area contributed by atoms with Crippen LogP contribution in [0.3, 0.4) is 0 Å². The zero-order valence-corrected chi connectivity index (χ0v) is 13.5. The maximum Gasteiger partial charge on any atom is 0.420 e. The number of amides is 1. The lowest BCUT2D eigenvalue weighted by Crippen LogP contribution is -2.76. The first kappa shape index (κ1) is 14.2. The van der Waals surface area contributed by atoms with E-state index in [1.165, 1.54) is 5.56 Å². The van der Waals surface area contributed by atoms with Crippen molar-refractivity contribution in [3.63, 3.8) is 0 Å². The number of hydrogen-bond donors (Lipinski definition) is 1. The van der Waals surface area contributed by atoms with Gasteiger partial charge in [-0.2, -0.15) is 0 Å². The lowest BCUT2D eigenvalue weighted by atomic mass is 9.39. The number of aryl methyl sites for hydroxylation is 2. The van der Waals surface area contributed by atoms with E-state index in [9.17, 15) is 4.79 Å².